The second kappa shape index (κ2) is 9.28. The van der Waals surface area contributed by atoms with Crippen LogP contribution >= 0.6 is 36.2 Å². The van der Waals surface area contributed by atoms with E-state index in [-0.39, 0.29) is 0 Å². The lowest BCUT2D eigenvalue weighted by atomic mass is 10.0. The van der Waals surface area contributed by atoms with Gasteiger partial charge in [-0.2, -0.15) is 0 Å². The van der Waals surface area contributed by atoms with Crippen molar-refractivity contribution in [2.24, 2.45) is 0 Å². The van der Waals surface area contributed by atoms with Crippen LogP contribution in [0.4, 0.5) is 0 Å². The second-order valence-corrected chi connectivity index (χ2v) is 10.6. The van der Waals surface area contributed by atoms with Crippen LogP contribution in [-0.2, 0) is 24.5 Å². The van der Waals surface area contributed by atoms with Crippen LogP contribution in [0, 0.1) is 0 Å². The molecule has 0 spiro atoms. The predicted molar refractivity (Wildman–Crippen MR) is 144 cm³/mol. The molecule has 8 heteroatoms. The minimum Gasteiger partial charge on any atom is -0.366 e. The average Bonchev–Trinajstić information content (AvgIpc) is 3.32. The Kier molecular flexibility index (Phi) is 6.35. The van der Waals surface area contributed by atoms with Gasteiger partial charge in [0.2, 0.25) is 0 Å². The van der Waals surface area contributed by atoms with Gasteiger partial charge in [0.15, 0.2) is 16.6 Å². The summed E-state index contributed by atoms with van der Waals surface area (Å²) in [5.41, 5.74) is 1.31. The molecule has 0 radical (unpaired) electrons. The molecule has 2 aliphatic heterocycles. The van der Waals surface area contributed by atoms with Gasteiger partial charge in [0.1, 0.15) is 4.32 Å². The van der Waals surface area contributed by atoms with Gasteiger partial charge in [-0.05, 0) is 23.3 Å². The highest BCUT2D eigenvalue weighted by Crippen LogP contribution is 2.40. The molecule has 2 saturated heterocycles. The van der Waals surface area contributed by atoms with Gasteiger partial charge in [0.05, 0.1) is 12.3 Å². The molecular formula is C26H25N3O2S3. The van der Waals surface area contributed by atoms with E-state index in [1.807, 2.05) is 88.7 Å². The lowest BCUT2D eigenvalue weighted by Crippen LogP contribution is -2.44. The van der Waals surface area contributed by atoms with Crippen molar-refractivity contribution in [1.82, 2.24) is 15.1 Å². The molecule has 174 valence electrons. The molecular weight excluding hydrogens is 483 g/mol. The molecule has 0 aliphatic carbocycles. The van der Waals surface area contributed by atoms with Crippen LogP contribution in [-0.4, -0.2) is 41.7 Å². The van der Waals surface area contributed by atoms with E-state index in [1.54, 1.807) is 0 Å². The number of nitrogens with one attached hydrogen (secondary N) is 1. The predicted octanol–water partition coefficient (Wildman–Crippen LogP) is 3.90. The Morgan fingerprint density at radius 3 is 1.94 bits per heavy atom. The Balaban J connectivity index is 1.39. The summed E-state index contributed by atoms with van der Waals surface area (Å²) in [6.07, 6.45) is 0. The van der Waals surface area contributed by atoms with Crippen LogP contribution in [0.25, 0.3) is 0 Å². The van der Waals surface area contributed by atoms with Gasteiger partial charge in [-0.25, -0.2) is 0 Å². The van der Waals surface area contributed by atoms with E-state index in [0.717, 1.165) is 22.3 Å². The molecule has 3 aromatic rings. The summed E-state index contributed by atoms with van der Waals surface area (Å²) in [5, 5.41) is 26.7. The van der Waals surface area contributed by atoms with Crippen molar-refractivity contribution in [2.75, 3.05) is 12.3 Å². The maximum absolute atomic E-state index is 11.5. The zero-order valence-electron chi connectivity index (χ0n) is 18.4. The Morgan fingerprint density at radius 2 is 1.32 bits per heavy atom. The lowest BCUT2D eigenvalue weighted by molar-refractivity contribution is -0.0562. The van der Waals surface area contributed by atoms with Gasteiger partial charge in [0, 0.05) is 24.2 Å². The smallest absolute Gasteiger partial charge is 0.184 e. The number of thioether (sulfide) groups is 1. The largest absolute Gasteiger partial charge is 0.366 e. The molecule has 3 aromatic carbocycles. The molecule has 2 fully saturated rings. The quantitative estimate of drug-likeness (QED) is 0.435. The van der Waals surface area contributed by atoms with Crippen LogP contribution in [0.2, 0.25) is 0 Å². The molecule has 0 bridgehead atoms. The lowest BCUT2D eigenvalue weighted by Gasteiger charge is -2.35. The van der Waals surface area contributed by atoms with Crippen LogP contribution < -0.4 is 5.32 Å². The number of hydrogen-bond acceptors (Lipinski definition) is 5. The van der Waals surface area contributed by atoms with Crippen LogP contribution in [0.1, 0.15) is 22.3 Å². The summed E-state index contributed by atoms with van der Waals surface area (Å²) in [5.74, 6) is 0.493. The average molecular weight is 508 g/mol. The molecule has 0 aromatic heterocycles. The minimum atomic E-state index is -1.21. The number of benzene rings is 3. The monoisotopic (exact) mass is 507 g/mol. The van der Waals surface area contributed by atoms with E-state index in [0.29, 0.717) is 34.8 Å². The maximum Gasteiger partial charge on any atom is 0.184 e. The van der Waals surface area contributed by atoms with Crippen molar-refractivity contribution in [3.05, 3.63) is 107 Å². The van der Waals surface area contributed by atoms with Crippen LogP contribution in [0.3, 0.4) is 0 Å². The highest BCUT2D eigenvalue weighted by Gasteiger charge is 2.45. The molecule has 34 heavy (non-hydrogen) atoms. The molecule has 0 saturated carbocycles. The van der Waals surface area contributed by atoms with Gasteiger partial charge in [-0.1, -0.05) is 109 Å². The number of rotatable bonds is 6. The number of thiocarbonyl (C=S) groups is 2. The van der Waals surface area contributed by atoms with Gasteiger partial charge in [-0.15, -0.1) is 0 Å². The molecule has 5 rings (SSSR count). The van der Waals surface area contributed by atoms with Gasteiger partial charge in [0.25, 0.3) is 0 Å². The van der Waals surface area contributed by atoms with Gasteiger partial charge < -0.3 is 25.3 Å². The van der Waals surface area contributed by atoms with E-state index in [2.05, 4.69) is 11.4 Å². The van der Waals surface area contributed by atoms with E-state index >= 15 is 0 Å². The molecule has 2 unspecified atom stereocenters. The Hall–Kier alpha value is -2.49. The third-order valence-electron chi connectivity index (χ3n) is 6.39. The molecule has 3 N–H and O–H groups in total. The summed E-state index contributed by atoms with van der Waals surface area (Å²) in [7, 11) is 0. The second-order valence-electron chi connectivity index (χ2n) is 8.57. The number of hydrogen-bond donors (Lipinski definition) is 3. The normalized spacial score (nSPS) is 24.5. The van der Waals surface area contributed by atoms with Crippen molar-refractivity contribution in [3.8, 4) is 0 Å². The topological polar surface area (TPSA) is 59.0 Å². The number of aliphatic hydroxyl groups is 2. The molecule has 2 heterocycles. The molecule has 2 aliphatic rings. The van der Waals surface area contributed by atoms with Crippen molar-refractivity contribution in [3.63, 3.8) is 0 Å². The molecule has 5 nitrogen and oxygen atoms in total. The first kappa shape index (κ1) is 23.3. The third kappa shape index (κ3) is 4.21. The standard InChI is InChI=1S/C26H25N3O2S3/c30-25(21-10-3-1-4-11-21)17-27-23(32)28(25)15-19-8-7-9-20(14-19)16-29-24(33)34-18-26(29,31)22-12-5-2-6-13-22/h1-14,30-31H,15-18H2,(H,27,32). The minimum absolute atomic E-state index is 0.332. The molecule has 0 amide bonds. The van der Waals surface area contributed by atoms with Crippen molar-refractivity contribution in [1.29, 1.82) is 0 Å². The highest BCUT2D eigenvalue weighted by molar-refractivity contribution is 8.23. The fourth-order valence-corrected chi connectivity index (χ4v) is 6.22. The fourth-order valence-electron chi connectivity index (χ4n) is 4.52. The van der Waals surface area contributed by atoms with E-state index in [1.165, 1.54) is 11.8 Å². The highest BCUT2D eigenvalue weighted by atomic mass is 32.2. The summed E-state index contributed by atoms with van der Waals surface area (Å²) in [6.45, 7) is 1.27. The summed E-state index contributed by atoms with van der Waals surface area (Å²) >= 11 is 12.6. The molecule has 2 atom stereocenters. The Morgan fingerprint density at radius 1 is 0.765 bits per heavy atom. The zero-order valence-corrected chi connectivity index (χ0v) is 20.9. The van der Waals surface area contributed by atoms with Gasteiger partial charge >= 0.3 is 0 Å². The number of β-amino-alcohol motifs (C(OH)–C–C–N with tert-alkyl or cyclic N) is 1. The number of nitrogens with zero attached hydrogens (tertiary/aromatic N) is 2. The first-order valence-electron chi connectivity index (χ1n) is 11.0. The Labute approximate surface area is 214 Å². The van der Waals surface area contributed by atoms with Crippen LogP contribution in [0.5, 0.6) is 0 Å². The first-order chi connectivity index (χ1) is 16.4. The van der Waals surface area contributed by atoms with Crippen molar-refractivity contribution >= 4 is 45.6 Å². The SMILES string of the molecule is OC1(c2ccccc2)CNC(=S)N1Cc1cccc(CN2C(=S)SCC2(O)c2ccccc2)c1. The van der Waals surface area contributed by atoms with Gasteiger partial charge in [-0.3, -0.25) is 0 Å². The van der Waals surface area contributed by atoms with Crippen molar-refractivity contribution in [2.45, 2.75) is 24.5 Å². The Bertz CT molecular complexity index is 1120. The van der Waals surface area contributed by atoms with E-state index < -0.39 is 11.4 Å². The zero-order chi connectivity index (χ0) is 23.8. The summed E-state index contributed by atoms with van der Waals surface area (Å²) < 4.78 is 0.681. The van der Waals surface area contributed by atoms with Crippen molar-refractivity contribution < 1.29 is 10.2 Å². The van der Waals surface area contributed by atoms with Crippen LogP contribution in [0.15, 0.2) is 84.9 Å². The van der Waals surface area contributed by atoms with E-state index in [9.17, 15) is 10.2 Å². The maximum atomic E-state index is 11.5. The fraction of sp³-hybridized carbons (Fsp3) is 0.231. The first-order valence-corrected chi connectivity index (χ1v) is 12.8. The summed E-state index contributed by atoms with van der Waals surface area (Å²) in [4.78, 5) is 3.72. The summed E-state index contributed by atoms with van der Waals surface area (Å²) in [6, 6.07) is 27.4. The van der Waals surface area contributed by atoms with E-state index in [4.69, 9.17) is 24.4 Å². The third-order valence-corrected chi connectivity index (χ3v) is 8.34.